The molecule has 1 aliphatic rings. The lowest BCUT2D eigenvalue weighted by atomic mass is 9.85. The van der Waals surface area contributed by atoms with Crippen molar-refractivity contribution in [2.24, 2.45) is 5.92 Å². The highest BCUT2D eigenvalue weighted by Gasteiger charge is 2.43. The Morgan fingerprint density at radius 2 is 1.74 bits per heavy atom. The molecule has 34 heavy (non-hydrogen) atoms. The van der Waals surface area contributed by atoms with Crippen LogP contribution >= 0.6 is 0 Å². The third-order valence-corrected chi connectivity index (χ3v) is 6.42. The summed E-state index contributed by atoms with van der Waals surface area (Å²) in [4.78, 5) is 42.7. The fraction of sp³-hybridized carbons (Fsp3) is 0.286. The van der Waals surface area contributed by atoms with Crippen LogP contribution in [0.5, 0.6) is 0 Å². The van der Waals surface area contributed by atoms with Crippen molar-refractivity contribution in [3.8, 4) is 11.3 Å². The molecule has 2 atom stereocenters. The van der Waals surface area contributed by atoms with Crippen molar-refractivity contribution < 1.29 is 23.2 Å². The predicted octanol–water partition coefficient (Wildman–Crippen LogP) is 5.48. The van der Waals surface area contributed by atoms with Crippen LogP contribution in [0.4, 0.5) is 8.78 Å². The molecule has 2 aromatic carbocycles. The van der Waals surface area contributed by atoms with Gasteiger partial charge in [-0.2, -0.15) is 0 Å². The van der Waals surface area contributed by atoms with Crippen LogP contribution in [0.1, 0.15) is 47.4 Å². The number of ketones is 3. The minimum atomic E-state index is -0.878. The van der Waals surface area contributed by atoms with Crippen LogP contribution in [0.3, 0.4) is 0 Å². The molecule has 0 amide bonds. The second kappa shape index (κ2) is 9.75. The van der Waals surface area contributed by atoms with Gasteiger partial charge in [-0.1, -0.05) is 12.1 Å². The highest BCUT2D eigenvalue weighted by Crippen LogP contribution is 2.38. The molecule has 1 saturated carbocycles. The number of hydrogen-bond donors (Lipinski definition) is 0. The van der Waals surface area contributed by atoms with Gasteiger partial charge in [-0.25, -0.2) is 8.78 Å². The molecule has 0 spiro atoms. The summed E-state index contributed by atoms with van der Waals surface area (Å²) >= 11 is 0. The largest absolute Gasteiger partial charge is 0.300 e. The number of benzene rings is 2. The summed E-state index contributed by atoms with van der Waals surface area (Å²) in [5, 5.41) is 0. The van der Waals surface area contributed by atoms with Crippen LogP contribution in [0, 0.1) is 31.4 Å². The van der Waals surface area contributed by atoms with Gasteiger partial charge in [0.25, 0.3) is 0 Å². The lowest BCUT2D eigenvalue weighted by molar-refractivity contribution is -0.127. The number of Topliss-reactive ketones (excluding diaryl/α,β-unsaturated/α-hetero) is 3. The van der Waals surface area contributed by atoms with Crippen molar-refractivity contribution in [3.05, 3.63) is 88.6 Å². The minimum absolute atomic E-state index is 0.0199. The standard InChI is InChI=1S/C28H25F2NO3/c1-16-10-19(24-9-7-22(30)15-31-24)11-17(2)26(16)27-25(33)14-20(28(27)34)13-23(32)8-6-18-4-3-5-21(29)12-18/h3-5,7,9-12,15,20,27H,6,8,13-14H2,1-2H3. The van der Waals surface area contributed by atoms with E-state index in [1.807, 2.05) is 26.0 Å². The molecule has 1 aliphatic carbocycles. The van der Waals surface area contributed by atoms with Gasteiger partial charge in [-0.3, -0.25) is 19.4 Å². The number of rotatable bonds is 7. The van der Waals surface area contributed by atoms with E-state index < -0.39 is 17.7 Å². The zero-order chi connectivity index (χ0) is 24.4. The zero-order valence-electron chi connectivity index (χ0n) is 19.1. The third-order valence-electron chi connectivity index (χ3n) is 6.42. The average molecular weight is 462 g/mol. The molecule has 0 bridgehead atoms. The fourth-order valence-electron chi connectivity index (χ4n) is 4.81. The van der Waals surface area contributed by atoms with Gasteiger partial charge >= 0.3 is 0 Å². The van der Waals surface area contributed by atoms with Crippen LogP contribution in [-0.4, -0.2) is 22.3 Å². The number of aromatic nitrogens is 1. The molecule has 174 valence electrons. The van der Waals surface area contributed by atoms with E-state index in [-0.39, 0.29) is 42.4 Å². The van der Waals surface area contributed by atoms with Crippen LogP contribution < -0.4 is 0 Å². The highest BCUT2D eigenvalue weighted by atomic mass is 19.1. The van der Waals surface area contributed by atoms with E-state index in [4.69, 9.17) is 0 Å². The molecule has 1 aromatic heterocycles. The van der Waals surface area contributed by atoms with Gasteiger partial charge < -0.3 is 0 Å². The SMILES string of the molecule is Cc1cc(-c2ccc(F)cn2)cc(C)c1C1C(=O)CC(CC(=O)CCc2cccc(F)c2)C1=O. The lowest BCUT2D eigenvalue weighted by Gasteiger charge is -2.17. The summed E-state index contributed by atoms with van der Waals surface area (Å²) in [6.07, 6.45) is 1.81. The summed E-state index contributed by atoms with van der Waals surface area (Å²) in [6.45, 7) is 3.68. The van der Waals surface area contributed by atoms with Gasteiger partial charge in [-0.15, -0.1) is 0 Å². The van der Waals surface area contributed by atoms with Gasteiger partial charge in [0.1, 0.15) is 29.1 Å². The van der Waals surface area contributed by atoms with Gasteiger partial charge in [0.05, 0.1) is 11.9 Å². The zero-order valence-corrected chi connectivity index (χ0v) is 19.1. The molecule has 4 nitrogen and oxygen atoms in total. The molecule has 6 heteroatoms. The Kier molecular flexibility index (Phi) is 6.77. The van der Waals surface area contributed by atoms with E-state index in [9.17, 15) is 23.2 Å². The molecule has 4 rings (SSSR count). The number of nitrogens with zero attached hydrogens (tertiary/aromatic N) is 1. The third kappa shape index (κ3) is 5.01. The molecule has 2 unspecified atom stereocenters. The molecule has 1 heterocycles. The van der Waals surface area contributed by atoms with Crippen molar-refractivity contribution >= 4 is 17.3 Å². The number of halogens is 2. The Labute approximate surface area is 197 Å². The van der Waals surface area contributed by atoms with Crippen LogP contribution in [0.25, 0.3) is 11.3 Å². The number of aryl methyl sites for hydroxylation is 3. The highest BCUT2D eigenvalue weighted by molar-refractivity contribution is 6.15. The Bertz CT molecular complexity index is 1240. The minimum Gasteiger partial charge on any atom is -0.300 e. The first-order chi connectivity index (χ1) is 16.2. The smallest absolute Gasteiger partial charge is 0.151 e. The molecule has 1 fully saturated rings. The number of hydrogen-bond acceptors (Lipinski definition) is 4. The number of pyridine rings is 1. The van der Waals surface area contributed by atoms with E-state index in [0.717, 1.165) is 28.5 Å². The van der Waals surface area contributed by atoms with Crippen molar-refractivity contribution in [1.29, 1.82) is 0 Å². The van der Waals surface area contributed by atoms with E-state index in [1.165, 1.54) is 18.2 Å². The normalized spacial score (nSPS) is 17.9. The Morgan fingerprint density at radius 1 is 1.00 bits per heavy atom. The van der Waals surface area contributed by atoms with Gasteiger partial charge in [0.15, 0.2) is 5.78 Å². The van der Waals surface area contributed by atoms with Gasteiger partial charge in [0, 0.05) is 30.7 Å². The van der Waals surface area contributed by atoms with E-state index >= 15 is 0 Å². The maximum absolute atomic E-state index is 13.3. The fourth-order valence-corrected chi connectivity index (χ4v) is 4.81. The van der Waals surface area contributed by atoms with Crippen LogP contribution in [-0.2, 0) is 20.8 Å². The van der Waals surface area contributed by atoms with E-state index in [1.54, 1.807) is 18.2 Å². The first kappa shape index (κ1) is 23.6. The molecule has 3 aromatic rings. The molecular formula is C28H25F2NO3. The van der Waals surface area contributed by atoms with Crippen LogP contribution in [0.2, 0.25) is 0 Å². The maximum atomic E-state index is 13.3. The first-order valence-corrected chi connectivity index (χ1v) is 11.3. The molecule has 0 N–H and O–H groups in total. The number of carbonyl (C=O) groups is 3. The summed E-state index contributed by atoms with van der Waals surface area (Å²) in [5.41, 5.74) is 4.35. The first-order valence-electron chi connectivity index (χ1n) is 11.3. The number of carbonyl (C=O) groups excluding carboxylic acids is 3. The molecule has 0 radical (unpaired) electrons. The van der Waals surface area contributed by atoms with E-state index in [2.05, 4.69) is 4.98 Å². The molecule has 0 saturated heterocycles. The monoisotopic (exact) mass is 461 g/mol. The topological polar surface area (TPSA) is 64.1 Å². The van der Waals surface area contributed by atoms with Gasteiger partial charge in [0.2, 0.25) is 0 Å². The summed E-state index contributed by atoms with van der Waals surface area (Å²) in [5.74, 6) is -2.79. The second-order valence-corrected chi connectivity index (χ2v) is 8.96. The Hall–Kier alpha value is -3.54. The summed E-state index contributed by atoms with van der Waals surface area (Å²) in [7, 11) is 0. The Balaban J connectivity index is 1.48. The van der Waals surface area contributed by atoms with E-state index in [0.29, 0.717) is 17.7 Å². The maximum Gasteiger partial charge on any atom is 0.151 e. The molecule has 0 aliphatic heterocycles. The average Bonchev–Trinajstić information content (AvgIpc) is 3.05. The van der Waals surface area contributed by atoms with Gasteiger partial charge in [-0.05, 0) is 78.9 Å². The van der Waals surface area contributed by atoms with Crippen molar-refractivity contribution in [2.45, 2.75) is 45.4 Å². The van der Waals surface area contributed by atoms with Crippen LogP contribution in [0.15, 0.2) is 54.7 Å². The summed E-state index contributed by atoms with van der Waals surface area (Å²) < 4.78 is 26.6. The molecular weight excluding hydrogens is 436 g/mol. The second-order valence-electron chi connectivity index (χ2n) is 8.96. The quantitative estimate of drug-likeness (QED) is 0.437. The van der Waals surface area contributed by atoms with Crippen molar-refractivity contribution in [1.82, 2.24) is 4.98 Å². The Morgan fingerprint density at radius 3 is 2.38 bits per heavy atom. The predicted molar refractivity (Wildman–Crippen MR) is 124 cm³/mol. The van der Waals surface area contributed by atoms with Crippen molar-refractivity contribution in [2.75, 3.05) is 0 Å². The summed E-state index contributed by atoms with van der Waals surface area (Å²) in [6, 6.07) is 12.7. The van der Waals surface area contributed by atoms with Crippen molar-refractivity contribution in [3.63, 3.8) is 0 Å². The lowest BCUT2D eigenvalue weighted by Crippen LogP contribution is -2.19.